The monoisotopic (exact) mass is 238 g/mol. The van der Waals surface area contributed by atoms with Crippen molar-refractivity contribution in [1.82, 2.24) is 0 Å². The first-order chi connectivity index (χ1) is 7.57. The van der Waals surface area contributed by atoms with Crippen LogP contribution in [0.1, 0.15) is 12.8 Å². The van der Waals surface area contributed by atoms with Crippen LogP contribution in [0.3, 0.4) is 0 Å². The molecule has 1 radical (unpaired) electrons. The zero-order chi connectivity index (χ0) is 11.6. The summed E-state index contributed by atoms with van der Waals surface area (Å²) >= 11 is 0. The Labute approximate surface area is 97.0 Å². The van der Waals surface area contributed by atoms with Crippen molar-refractivity contribution in [2.75, 3.05) is 24.2 Å². The van der Waals surface area contributed by atoms with Crippen LogP contribution in [-0.2, 0) is 9.84 Å². The van der Waals surface area contributed by atoms with E-state index in [2.05, 4.69) is 11.3 Å². The first kappa shape index (κ1) is 11.5. The van der Waals surface area contributed by atoms with Gasteiger partial charge in [0.2, 0.25) is 0 Å². The van der Waals surface area contributed by atoms with Gasteiger partial charge in [0, 0.05) is 25.0 Å². The van der Waals surface area contributed by atoms with Gasteiger partial charge in [-0.15, -0.1) is 0 Å². The highest BCUT2D eigenvalue weighted by molar-refractivity contribution is 7.90. The number of piperidine rings is 1. The third-order valence-electron chi connectivity index (χ3n) is 2.84. The fraction of sp³-hybridized carbons (Fsp3) is 0.417. The van der Waals surface area contributed by atoms with Gasteiger partial charge in [0.15, 0.2) is 9.84 Å². The molecular formula is C12H16NO2S. The predicted octanol–water partition coefficient (Wildman–Crippen LogP) is 1.89. The summed E-state index contributed by atoms with van der Waals surface area (Å²) in [5.74, 6) is 0. The second-order valence-electron chi connectivity index (χ2n) is 4.12. The highest BCUT2D eigenvalue weighted by atomic mass is 32.2. The molecule has 1 aromatic rings. The Hall–Kier alpha value is -1.03. The van der Waals surface area contributed by atoms with Crippen molar-refractivity contribution < 1.29 is 8.42 Å². The molecule has 0 spiro atoms. The molecule has 0 bridgehead atoms. The molecule has 1 aliphatic rings. The first-order valence-corrected chi connectivity index (χ1v) is 7.33. The zero-order valence-electron chi connectivity index (χ0n) is 9.39. The number of hydrogen-bond acceptors (Lipinski definition) is 3. The Morgan fingerprint density at radius 2 is 1.62 bits per heavy atom. The van der Waals surface area contributed by atoms with Crippen molar-refractivity contribution in [3.8, 4) is 0 Å². The minimum Gasteiger partial charge on any atom is -0.372 e. The van der Waals surface area contributed by atoms with E-state index in [-0.39, 0.29) is 0 Å². The number of anilines is 1. The minimum atomic E-state index is -3.07. The summed E-state index contributed by atoms with van der Waals surface area (Å²) in [6.45, 7) is 2.05. The van der Waals surface area contributed by atoms with Gasteiger partial charge >= 0.3 is 0 Å². The Balaban J connectivity index is 2.18. The second-order valence-corrected chi connectivity index (χ2v) is 6.13. The summed E-state index contributed by atoms with van der Waals surface area (Å²) in [7, 11) is -3.07. The maximum absolute atomic E-state index is 11.3. The molecule has 0 saturated carbocycles. The number of hydrogen-bond donors (Lipinski definition) is 0. The number of rotatable bonds is 2. The van der Waals surface area contributed by atoms with Gasteiger partial charge in [0.25, 0.3) is 0 Å². The molecule has 1 fully saturated rings. The Kier molecular flexibility index (Phi) is 3.19. The zero-order valence-corrected chi connectivity index (χ0v) is 10.2. The second kappa shape index (κ2) is 4.45. The van der Waals surface area contributed by atoms with Crippen LogP contribution in [0.25, 0.3) is 0 Å². The van der Waals surface area contributed by atoms with Crippen molar-refractivity contribution in [1.29, 1.82) is 0 Å². The van der Waals surface area contributed by atoms with E-state index in [0.717, 1.165) is 31.6 Å². The smallest absolute Gasteiger partial charge is 0.175 e. The van der Waals surface area contributed by atoms with Crippen LogP contribution < -0.4 is 4.90 Å². The molecule has 16 heavy (non-hydrogen) atoms. The van der Waals surface area contributed by atoms with E-state index in [4.69, 9.17) is 0 Å². The maximum atomic E-state index is 11.3. The molecule has 0 aliphatic carbocycles. The fourth-order valence-electron chi connectivity index (χ4n) is 1.91. The third kappa shape index (κ3) is 2.55. The summed E-state index contributed by atoms with van der Waals surface area (Å²) in [4.78, 5) is 2.67. The molecule has 1 heterocycles. The molecule has 0 atom stereocenters. The number of benzene rings is 1. The SMILES string of the molecule is CS(=O)(=O)c1ccc(N2CC[CH]CC2)cc1. The first-order valence-electron chi connectivity index (χ1n) is 5.44. The van der Waals surface area contributed by atoms with Crippen molar-refractivity contribution in [3.63, 3.8) is 0 Å². The predicted molar refractivity (Wildman–Crippen MR) is 65.3 cm³/mol. The third-order valence-corrected chi connectivity index (χ3v) is 3.96. The van der Waals surface area contributed by atoms with E-state index >= 15 is 0 Å². The van der Waals surface area contributed by atoms with E-state index in [1.165, 1.54) is 6.26 Å². The molecule has 0 unspecified atom stereocenters. The topological polar surface area (TPSA) is 37.4 Å². The highest BCUT2D eigenvalue weighted by Crippen LogP contribution is 2.21. The standard InChI is InChI=1S/C12H16NO2S/c1-16(14,15)12-7-5-11(6-8-12)13-9-3-2-4-10-13/h2,5-8H,3-4,9-10H2,1H3. The van der Waals surface area contributed by atoms with E-state index in [1.807, 2.05) is 12.1 Å². The molecule has 0 N–H and O–H groups in total. The van der Waals surface area contributed by atoms with Gasteiger partial charge in [-0.05, 0) is 43.5 Å². The van der Waals surface area contributed by atoms with Crippen molar-refractivity contribution in [2.24, 2.45) is 0 Å². The molecule has 3 nitrogen and oxygen atoms in total. The molecular weight excluding hydrogens is 222 g/mol. The van der Waals surface area contributed by atoms with Gasteiger partial charge < -0.3 is 4.90 Å². The average Bonchev–Trinajstić information content (AvgIpc) is 2.29. The maximum Gasteiger partial charge on any atom is 0.175 e. The number of sulfone groups is 1. The van der Waals surface area contributed by atoms with Crippen LogP contribution in [0.4, 0.5) is 5.69 Å². The van der Waals surface area contributed by atoms with Crippen LogP contribution in [0, 0.1) is 6.42 Å². The van der Waals surface area contributed by atoms with Crippen LogP contribution in [-0.4, -0.2) is 27.8 Å². The van der Waals surface area contributed by atoms with Gasteiger partial charge in [-0.25, -0.2) is 8.42 Å². The summed E-state index contributed by atoms with van der Waals surface area (Å²) < 4.78 is 22.6. The molecule has 1 aliphatic heterocycles. The lowest BCUT2D eigenvalue weighted by molar-refractivity contribution is 0.602. The van der Waals surface area contributed by atoms with Crippen molar-refractivity contribution >= 4 is 15.5 Å². The van der Waals surface area contributed by atoms with Gasteiger partial charge in [-0.1, -0.05) is 0 Å². The lowest BCUT2D eigenvalue weighted by Gasteiger charge is -2.28. The molecule has 87 valence electrons. The summed E-state index contributed by atoms with van der Waals surface area (Å²) in [6, 6.07) is 7.15. The van der Waals surface area contributed by atoms with Crippen LogP contribution in [0.2, 0.25) is 0 Å². The fourth-order valence-corrected chi connectivity index (χ4v) is 2.54. The van der Waals surface area contributed by atoms with Gasteiger partial charge in [-0.3, -0.25) is 0 Å². The van der Waals surface area contributed by atoms with E-state index in [0.29, 0.717) is 4.90 Å². The Bertz CT molecular complexity index is 444. The summed E-state index contributed by atoms with van der Waals surface area (Å²) in [6.07, 6.45) is 5.74. The van der Waals surface area contributed by atoms with Crippen LogP contribution in [0.15, 0.2) is 29.2 Å². The van der Waals surface area contributed by atoms with Gasteiger partial charge in [0.1, 0.15) is 0 Å². The molecule has 0 aromatic heterocycles. The number of nitrogens with zero attached hydrogens (tertiary/aromatic N) is 1. The minimum absolute atomic E-state index is 0.389. The van der Waals surface area contributed by atoms with Gasteiger partial charge in [0.05, 0.1) is 4.90 Å². The Morgan fingerprint density at radius 1 is 1.06 bits per heavy atom. The molecule has 4 heteroatoms. The van der Waals surface area contributed by atoms with E-state index in [1.54, 1.807) is 12.1 Å². The van der Waals surface area contributed by atoms with E-state index < -0.39 is 9.84 Å². The van der Waals surface area contributed by atoms with Crippen LogP contribution in [0.5, 0.6) is 0 Å². The molecule has 0 amide bonds. The molecule has 2 rings (SSSR count). The largest absolute Gasteiger partial charge is 0.372 e. The van der Waals surface area contributed by atoms with E-state index in [9.17, 15) is 8.42 Å². The normalized spacial score (nSPS) is 17.4. The molecule has 1 aromatic carbocycles. The quantitative estimate of drug-likeness (QED) is 0.789. The Morgan fingerprint density at radius 3 is 2.12 bits per heavy atom. The highest BCUT2D eigenvalue weighted by Gasteiger charge is 2.12. The summed E-state index contributed by atoms with van der Waals surface area (Å²) in [5.41, 5.74) is 1.11. The lowest BCUT2D eigenvalue weighted by Crippen LogP contribution is -2.29. The molecule has 1 saturated heterocycles. The van der Waals surface area contributed by atoms with Gasteiger partial charge in [-0.2, -0.15) is 0 Å². The van der Waals surface area contributed by atoms with Crippen molar-refractivity contribution in [2.45, 2.75) is 17.7 Å². The van der Waals surface area contributed by atoms with Crippen LogP contribution >= 0.6 is 0 Å². The van der Waals surface area contributed by atoms with Crippen molar-refractivity contribution in [3.05, 3.63) is 30.7 Å². The lowest BCUT2D eigenvalue weighted by atomic mass is 10.1. The summed E-state index contributed by atoms with van der Waals surface area (Å²) in [5, 5.41) is 0. The average molecular weight is 238 g/mol.